The topological polar surface area (TPSA) is 20.3 Å². The lowest BCUT2D eigenvalue weighted by atomic mass is 10.1. The summed E-state index contributed by atoms with van der Waals surface area (Å²) in [6.45, 7) is 5.09. The van der Waals surface area contributed by atoms with Gasteiger partial charge < -0.3 is 4.90 Å². The van der Waals surface area contributed by atoms with Gasteiger partial charge in [0.15, 0.2) is 0 Å². The predicted molar refractivity (Wildman–Crippen MR) is 48.4 cm³/mol. The van der Waals surface area contributed by atoms with E-state index in [-0.39, 0.29) is 5.91 Å². The van der Waals surface area contributed by atoms with Crippen molar-refractivity contribution in [3.63, 3.8) is 0 Å². The molecule has 0 aromatic rings. The first-order valence-corrected chi connectivity index (χ1v) is 4.46. The first-order valence-electron chi connectivity index (χ1n) is 4.46. The van der Waals surface area contributed by atoms with Gasteiger partial charge in [0, 0.05) is 12.6 Å². The molecule has 1 heterocycles. The first kappa shape index (κ1) is 9.12. The molecule has 0 spiro atoms. The fourth-order valence-electron chi connectivity index (χ4n) is 1.87. The summed E-state index contributed by atoms with van der Waals surface area (Å²) in [4.78, 5) is 13.0. The van der Waals surface area contributed by atoms with E-state index in [1.165, 1.54) is 0 Å². The third kappa shape index (κ3) is 1.61. The van der Waals surface area contributed by atoms with Gasteiger partial charge in [-0.2, -0.15) is 0 Å². The van der Waals surface area contributed by atoms with Crippen LogP contribution in [-0.4, -0.2) is 23.4 Å². The fraction of sp³-hybridized carbons (Fsp3) is 0.700. The zero-order valence-electron chi connectivity index (χ0n) is 7.71. The summed E-state index contributed by atoms with van der Waals surface area (Å²) in [7, 11) is 0. The number of hydrogen-bond acceptors (Lipinski definition) is 1. The van der Waals surface area contributed by atoms with Gasteiger partial charge in [-0.15, -0.1) is 6.42 Å². The molecule has 0 aliphatic carbocycles. The van der Waals surface area contributed by atoms with Crippen molar-refractivity contribution in [1.29, 1.82) is 0 Å². The van der Waals surface area contributed by atoms with Crippen LogP contribution in [0.25, 0.3) is 0 Å². The zero-order valence-corrected chi connectivity index (χ0v) is 7.71. The van der Waals surface area contributed by atoms with E-state index in [9.17, 15) is 4.79 Å². The van der Waals surface area contributed by atoms with Crippen LogP contribution in [0, 0.1) is 18.3 Å². The molecule has 0 saturated carbocycles. The summed E-state index contributed by atoms with van der Waals surface area (Å²) in [5.74, 6) is 2.64. The second kappa shape index (κ2) is 3.62. The van der Waals surface area contributed by atoms with Crippen LogP contribution >= 0.6 is 0 Å². The van der Waals surface area contributed by atoms with Gasteiger partial charge in [-0.05, 0) is 24.7 Å². The Morgan fingerprint density at radius 2 is 2.42 bits per heavy atom. The molecule has 1 rings (SSSR count). The van der Waals surface area contributed by atoms with E-state index in [1.54, 1.807) is 0 Å². The highest BCUT2D eigenvalue weighted by Gasteiger charge is 2.30. The summed E-state index contributed by atoms with van der Waals surface area (Å²) < 4.78 is 0. The number of nitrogens with zero attached hydrogens (tertiary/aromatic N) is 1. The minimum atomic E-state index is -0.147. The Morgan fingerprint density at radius 3 is 2.92 bits per heavy atom. The van der Waals surface area contributed by atoms with Gasteiger partial charge in [0.05, 0.1) is 0 Å². The van der Waals surface area contributed by atoms with Crippen molar-refractivity contribution < 1.29 is 4.79 Å². The van der Waals surface area contributed by atoms with Crippen LogP contribution < -0.4 is 0 Å². The van der Waals surface area contributed by atoms with Crippen LogP contribution in [-0.2, 0) is 4.79 Å². The molecule has 0 bridgehead atoms. The summed E-state index contributed by atoms with van der Waals surface area (Å²) in [5.41, 5.74) is 0. The van der Waals surface area contributed by atoms with Gasteiger partial charge in [0.1, 0.15) is 0 Å². The molecular weight excluding hydrogens is 150 g/mol. The number of carbonyl (C=O) groups excluding carboxylic acids is 1. The third-order valence-corrected chi connectivity index (χ3v) is 2.48. The number of hydrogen-bond donors (Lipinski definition) is 0. The van der Waals surface area contributed by atoms with Crippen molar-refractivity contribution >= 4 is 5.91 Å². The van der Waals surface area contributed by atoms with Crippen LogP contribution in [0.15, 0.2) is 0 Å². The lowest BCUT2D eigenvalue weighted by Gasteiger charge is -2.20. The van der Waals surface area contributed by atoms with Gasteiger partial charge >= 0.3 is 0 Å². The average molecular weight is 165 g/mol. The predicted octanol–water partition coefficient (Wildman–Crippen LogP) is 1.27. The highest BCUT2D eigenvalue weighted by atomic mass is 16.2. The Bertz CT molecular complexity index is 216. The third-order valence-electron chi connectivity index (χ3n) is 2.48. The molecule has 2 unspecified atom stereocenters. The monoisotopic (exact) mass is 165 g/mol. The average Bonchev–Trinajstić information content (AvgIpc) is 2.45. The lowest BCUT2D eigenvalue weighted by Crippen LogP contribution is -2.34. The largest absolute Gasteiger partial charge is 0.329 e. The van der Waals surface area contributed by atoms with Crippen molar-refractivity contribution in [2.75, 3.05) is 6.54 Å². The Labute approximate surface area is 73.9 Å². The Kier molecular flexibility index (Phi) is 2.75. The van der Waals surface area contributed by atoms with E-state index >= 15 is 0 Å². The molecule has 0 aromatic heterocycles. The van der Waals surface area contributed by atoms with Gasteiger partial charge in [0.25, 0.3) is 5.91 Å². The van der Waals surface area contributed by atoms with Crippen molar-refractivity contribution in [1.82, 2.24) is 4.90 Å². The summed E-state index contributed by atoms with van der Waals surface area (Å²) >= 11 is 0. The van der Waals surface area contributed by atoms with Crippen LogP contribution in [0.4, 0.5) is 0 Å². The molecule has 0 aromatic carbocycles. The highest BCUT2D eigenvalue weighted by Crippen LogP contribution is 2.24. The molecular formula is C10H15NO. The van der Waals surface area contributed by atoms with Crippen LogP contribution in [0.3, 0.4) is 0 Å². The lowest BCUT2D eigenvalue weighted by molar-refractivity contribution is -0.126. The number of carbonyl (C=O) groups is 1. The van der Waals surface area contributed by atoms with E-state index in [0.717, 1.165) is 19.4 Å². The van der Waals surface area contributed by atoms with Crippen LogP contribution in [0.1, 0.15) is 26.7 Å². The molecule has 0 radical (unpaired) electrons. The van der Waals surface area contributed by atoms with Crippen molar-refractivity contribution in [2.45, 2.75) is 32.7 Å². The van der Waals surface area contributed by atoms with E-state index in [0.29, 0.717) is 12.0 Å². The molecule has 0 N–H and O–H groups in total. The highest BCUT2D eigenvalue weighted by molar-refractivity contribution is 5.93. The number of terminal acetylenes is 1. The summed E-state index contributed by atoms with van der Waals surface area (Å²) in [6, 6.07) is 0.378. The smallest absolute Gasteiger partial charge is 0.298 e. The van der Waals surface area contributed by atoms with Gasteiger partial charge in [-0.3, -0.25) is 4.79 Å². The van der Waals surface area contributed by atoms with Crippen molar-refractivity contribution in [3.05, 3.63) is 0 Å². The molecule has 66 valence electrons. The number of rotatable bonds is 1. The van der Waals surface area contributed by atoms with Gasteiger partial charge in [-0.1, -0.05) is 13.8 Å². The maximum Gasteiger partial charge on any atom is 0.298 e. The van der Waals surface area contributed by atoms with Crippen molar-refractivity contribution in [2.24, 2.45) is 5.92 Å². The number of likely N-dealkylation sites (tertiary alicyclic amines) is 1. The van der Waals surface area contributed by atoms with Crippen LogP contribution in [0.2, 0.25) is 0 Å². The normalized spacial score (nSPS) is 28.6. The zero-order chi connectivity index (χ0) is 9.14. The Morgan fingerprint density at radius 1 is 1.75 bits per heavy atom. The maximum atomic E-state index is 11.2. The molecule has 1 saturated heterocycles. The summed E-state index contributed by atoms with van der Waals surface area (Å²) in [6.07, 6.45) is 7.19. The standard InChI is InChI=1S/C10H15NO/c1-4-9-6-8(3)7-11(9)10(12)5-2/h2,8-9H,4,6-7H2,1,3H3. The van der Waals surface area contributed by atoms with Gasteiger partial charge in [0.2, 0.25) is 0 Å². The maximum absolute atomic E-state index is 11.2. The minimum absolute atomic E-state index is 0.147. The Balaban J connectivity index is 2.65. The fourth-order valence-corrected chi connectivity index (χ4v) is 1.87. The quantitative estimate of drug-likeness (QED) is 0.536. The number of amides is 1. The van der Waals surface area contributed by atoms with E-state index in [4.69, 9.17) is 6.42 Å². The van der Waals surface area contributed by atoms with Gasteiger partial charge in [-0.25, -0.2) is 0 Å². The van der Waals surface area contributed by atoms with Crippen LogP contribution in [0.5, 0.6) is 0 Å². The van der Waals surface area contributed by atoms with Crippen molar-refractivity contribution in [3.8, 4) is 12.3 Å². The van der Waals surface area contributed by atoms with E-state index in [2.05, 4.69) is 19.8 Å². The second-order valence-electron chi connectivity index (χ2n) is 3.50. The molecule has 1 amide bonds. The first-order chi connectivity index (χ1) is 5.69. The summed E-state index contributed by atoms with van der Waals surface area (Å²) in [5, 5.41) is 0. The molecule has 1 aliphatic heterocycles. The molecule has 2 heteroatoms. The van der Waals surface area contributed by atoms with E-state index in [1.807, 2.05) is 4.90 Å². The molecule has 2 nitrogen and oxygen atoms in total. The minimum Gasteiger partial charge on any atom is -0.329 e. The molecule has 1 fully saturated rings. The van der Waals surface area contributed by atoms with E-state index < -0.39 is 0 Å². The molecule has 12 heavy (non-hydrogen) atoms. The SMILES string of the molecule is C#CC(=O)N1CC(C)CC1CC. The molecule has 2 atom stereocenters. The Hall–Kier alpha value is -0.970. The second-order valence-corrected chi connectivity index (χ2v) is 3.50. The molecule has 1 aliphatic rings.